The number of aliphatic carboxylic acids is 2. The molecule has 4 unspecified atom stereocenters. The van der Waals surface area contributed by atoms with Crippen molar-refractivity contribution in [1.82, 2.24) is 16.0 Å². The van der Waals surface area contributed by atoms with Gasteiger partial charge < -0.3 is 37.0 Å². The van der Waals surface area contributed by atoms with Crippen molar-refractivity contribution < 1.29 is 39.3 Å². The van der Waals surface area contributed by atoms with Crippen LogP contribution in [0.1, 0.15) is 33.6 Å². The quantitative estimate of drug-likeness (QED) is 0.181. The lowest BCUT2D eigenvalue weighted by Crippen LogP contribution is -2.59. The summed E-state index contributed by atoms with van der Waals surface area (Å²) in [5.41, 5.74) is 5.45. The number of nitrogens with two attached hydrogens (primary N) is 1. The maximum atomic E-state index is 12.4. The van der Waals surface area contributed by atoms with Gasteiger partial charge >= 0.3 is 11.9 Å². The Bertz CT molecular complexity index is 593. The van der Waals surface area contributed by atoms with Gasteiger partial charge in [0, 0.05) is 6.42 Å². The van der Waals surface area contributed by atoms with Crippen LogP contribution in [-0.2, 0) is 24.0 Å². The third-order valence-corrected chi connectivity index (χ3v) is 3.74. The van der Waals surface area contributed by atoms with E-state index in [1.54, 1.807) is 13.8 Å². The molecule has 0 fully saturated rings. The summed E-state index contributed by atoms with van der Waals surface area (Å²) in [6, 6.07) is -4.90. The minimum absolute atomic E-state index is 0.368. The van der Waals surface area contributed by atoms with Gasteiger partial charge in [-0.15, -0.1) is 0 Å². The number of aliphatic hydroxyl groups excluding tert-OH is 1. The smallest absolute Gasteiger partial charge is 0.326 e. The first-order valence-corrected chi connectivity index (χ1v) is 8.62. The van der Waals surface area contributed by atoms with E-state index < -0.39 is 66.9 Å². The van der Waals surface area contributed by atoms with E-state index in [1.165, 1.54) is 6.92 Å². The van der Waals surface area contributed by atoms with Gasteiger partial charge in [0.15, 0.2) is 0 Å². The lowest BCUT2D eigenvalue weighted by Gasteiger charge is -2.25. The first kappa shape index (κ1) is 25.3. The molecule has 3 amide bonds. The number of nitrogens with one attached hydrogen (secondary N) is 3. The second kappa shape index (κ2) is 11.9. The van der Waals surface area contributed by atoms with E-state index >= 15 is 0 Å². The summed E-state index contributed by atoms with van der Waals surface area (Å²) < 4.78 is 0. The van der Waals surface area contributed by atoms with E-state index in [4.69, 9.17) is 15.9 Å². The Morgan fingerprint density at radius 1 is 0.857 bits per heavy atom. The zero-order chi connectivity index (χ0) is 22.0. The molecule has 0 aromatic carbocycles. The number of carboxylic acids is 2. The van der Waals surface area contributed by atoms with Gasteiger partial charge in [0.25, 0.3) is 0 Å². The molecule has 0 spiro atoms. The minimum atomic E-state index is -1.51. The summed E-state index contributed by atoms with van der Waals surface area (Å²) in [5.74, 6) is -5.42. The minimum Gasteiger partial charge on any atom is -0.481 e. The van der Waals surface area contributed by atoms with Crippen LogP contribution in [0.2, 0.25) is 0 Å². The maximum absolute atomic E-state index is 12.4. The number of hydrogen-bond donors (Lipinski definition) is 7. The van der Waals surface area contributed by atoms with Crippen LogP contribution < -0.4 is 21.7 Å². The average Bonchev–Trinajstić information content (AvgIpc) is 2.59. The molecule has 0 radical (unpaired) electrons. The number of carbonyl (C=O) groups excluding carboxylic acids is 3. The van der Waals surface area contributed by atoms with Crippen molar-refractivity contribution in [3.05, 3.63) is 0 Å². The Morgan fingerprint density at radius 2 is 1.39 bits per heavy atom. The van der Waals surface area contributed by atoms with Crippen LogP contribution in [0.4, 0.5) is 0 Å². The van der Waals surface area contributed by atoms with Crippen molar-refractivity contribution in [2.24, 2.45) is 11.7 Å². The Hall–Kier alpha value is -2.73. The van der Waals surface area contributed by atoms with E-state index in [0.717, 1.165) is 0 Å². The Morgan fingerprint density at radius 3 is 1.79 bits per heavy atom. The van der Waals surface area contributed by atoms with E-state index in [1.807, 2.05) is 0 Å². The standard InChI is InChI=1S/C16H28N4O8/c1-7(2)12(20-13(24)8(3)17)15(26)19-10(6-21)14(25)18-9(16(27)28)4-5-11(22)23/h7-10,12,21H,4-6,17H2,1-3H3,(H,18,25)(H,19,26)(H,20,24)(H,22,23)(H,27,28). The number of amides is 3. The molecule has 0 heterocycles. The first-order valence-electron chi connectivity index (χ1n) is 8.62. The number of rotatable bonds is 12. The van der Waals surface area contributed by atoms with Crippen LogP contribution >= 0.6 is 0 Å². The third kappa shape index (κ3) is 8.77. The van der Waals surface area contributed by atoms with E-state index in [9.17, 15) is 29.1 Å². The van der Waals surface area contributed by atoms with Gasteiger partial charge in [0.2, 0.25) is 17.7 Å². The fraction of sp³-hybridized carbons (Fsp3) is 0.688. The molecule has 4 atom stereocenters. The average molecular weight is 404 g/mol. The lowest BCUT2D eigenvalue weighted by atomic mass is 10.0. The first-order chi connectivity index (χ1) is 12.9. The van der Waals surface area contributed by atoms with Crippen molar-refractivity contribution in [2.75, 3.05) is 6.61 Å². The fourth-order valence-electron chi connectivity index (χ4n) is 2.07. The molecule has 0 rings (SSSR count). The monoisotopic (exact) mass is 404 g/mol. The summed E-state index contributed by atoms with van der Waals surface area (Å²) in [5, 5.41) is 33.8. The molecule has 0 aliphatic carbocycles. The Labute approximate surface area is 161 Å². The second-order valence-electron chi connectivity index (χ2n) is 6.59. The number of aliphatic hydroxyl groups is 1. The SMILES string of the molecule is CC(N)C(=O)NC(C(=O)NC(CO)C(=O)NC(CCC(=O)O)C(=O)O)C(C)C. The molecule has 12 nitrogen and oxygen atoms in total. The third-order valence-electron chi connectivity index (χ3n) is 3.74. The van der Waals surface area contributed by atoms with Crippen LogP contribution in [-0.4, -0.2) is 75.8 Å². The van der Waals surface area contributed by atoms with Crippen molar-refractivity contribution in [3.8, 4) is 0 Å². The zero-order valence-corrected chi connectivity index (χ0v) is 16.0. The molecular formula is C16H28N4O8. The van der Waals surface area contributed by atoms with Crippen LogP contribution in [0.5, 0.6) is 0 Å². The second-order valence-corrected chi connectivity index (χ2v) is 6.59. The summed E-state index contributed by atoms with van der Waals surface area (Å²) in [6.07, 6.45) is -0.867. The van der Waals surface area contributed by atoms with Crippen molar-refractivity contribution in [3.63, 3.8) is 0 Å². The molecule has 0 aliphatic heterocycles. The lowest BCUT2D eigenvalue weighted by molar-refractivity contribution is -0.143. The van der Waals surface area contributed by atoms with Gasteiger partial charge in [-0.25, -0.2) is 4.79 Å². The van der Waals surface area contributed by atoms with Gasteiger partial charge in [0.1, 0.15) is 18.1 Å². The molecule has 0 saturated carbocycles. The maximum Gasteiger partial charge on any atom is 0.326 e. The fourth-order valence-corrected chi connectivity index (χ4v) is 2.07. The molecule has 0 aromatic rings. The molecule has 0 saturated heterocycles. The van der Waals surface area contributed by atoms with Gasteiger partial charge in [-0.05, 0) is 19.3 Å². The van der Waals surface area contributed by atoms with E-state index in [-0.39, 0.29) is 12.3 Å². The highest BCUT2D eigenvalue weighted by atomic mass is 16.4. The molecule has 160 valence electrons. The van der Waals surface area contributed by atoms with Gasteiger partial charge in [-0.2, -0.15) is 0 Å². The normalized spacial score (nSPS) is 15.1. The van der Waals surface area contributed by atoms with Crippen molar-refractivity contribution in [2.45, 2.75) is 57.8 Å². The van der Waals surface area contributed by atoms with Gasteiger partial charge in [0.05, 0.1) is 12.6 Å². The van der Waals surface area contributed by atoms with Crippen molar-refractivity contribution >= 4 is 29.7 Å². The number of carboxylic acid groups (broad SMARTS) is 2. The van der Waals surface area contributed by atoms with E-state index in [0.29, 0.717) is 0 Å². The van der Waals surface area contributed by atoms with E-state index in [2.05, 4.69) is 16.0 Å². The predicted octanol–water partition coefficient (Wildman–Crippen LogP) is -2.61. The molecule has 8 N–H and O–H groups in total. The van der Waals surface area contributed by atoms with Gasteiger partial charge in [-0.3, -0.25) is 19.2 Å². The summed E-state index contributed by atoms with van der Waals surface area (Å²) in [4.78, 5) is 58.1. The Balaban J connectivity index is 5.09. The highest BCUT2D eigenvalue weighted by molar-refractivity contribution is 5.94. The summed E-state index contributed by atoms with van der Waals surface area (Å²) in [6.45, 7) is 3.88. The van der Waals surface area contributed by atoms with Crippen molar-refractivity contribution in [1.29, 1.82) is 0 Å². The molecule has 0 aliphatic rings. The van der Waals surface area contributed by atoms with Gasteiger partial charge in [-0.1, -0.05) is 13.8 Å². The Kier molecular flexibility index (Phi) is 10.7. The van der Waals surface area contributed by atoms with Crippen LogP contribution in [0, 0.1) is 5.92 Å². The molecule has 0 bridgehead atoms. The summed E-state index contributed by atoms with van der Waals surface area (Å²) >= 11 is 0. The van der Waals surface area contributed by atoms with Crippen LogP contribution in [0.25, 0.3) is 0 Å². The predicted molar refractivity (Wildman–Crippen MR) is 95.9 cm³/mol. The highest BCUT2D eigenvalue weighted by Crippen LogP contribution is 2.04. The number of hydrogen-bond acceptors (Lipinski definition) is 7. The molecule has 28 heavy (non-hydrogen) atoms. The van der Waals surface area contributed by atoms with Crippen LogP contribution in [0.15, 0.2) is 0 Å². The van der Waals surface area contributed by atoms with Crippen LogP contribution in [0.3, 0.4) is 0 Å². The molecular weight excluding hydrogens is 376 g/mol. The largest absolute Gasteiger partial charge is 0.481 e. The molecule has 0 aromatic heterocycles. The highest BCUT2D eigenvalue weighted by Gasteiger charge is 2.31. The summed E-state index contributed by atoms with van der Waals surface area (Å²) in [7, 11) is 0. The zero-order valence-electron chi connectivity index (χ0n) is 16.0. The number of carbonyl (C=O) groups is 5. The molecule has 12 heteroatoms. The topological polar surface area (TPSA) is 208 Å².